The zero-order valence-electron chi connectivity index (χ0n) is 9.93. The molecule has 0 aliphatic heterocycles. The fraction of sp³-hybridized carbons (Fsp3) is 0.333. The second kappa shape index (κ2) is 6.00. The Morgan fingerprint density at radius 3 is 2.06 bits per heavy atom. The maximum atomic E-state index is 11.7. The van der Waals surface area contributed by atoms with Crippen LogP contribution in [0.5, 0.6) is 0 Å². The summed E-state index contributed by atoms with van der Waals surface area (Å²) in [6.07, 6.45) is -0.673. The van der Waals surface area contributed by atoms with Gasteiger partial charge in [0.25, 0.3) is 0 Å². The van der Waals surface area contributed by atoms with Crippen LogP contribution in [0.25, 0.3) is 0 Å². The summed E-state index contributed by atoms with van der Waals surface area (Å²) >= 11 is 0. The summed E-state index contributed by atoms with van der Waals surface area (Å²) in [5.41, 5.74) is 0.326. The molecule has 0 spiro atoms. The topological polar surface area (TPSA) is 61.8 Å². The van der Waals surface area contributed by atoms with Gasteiger partial charge in [0.15, 0.2) is 6.29 Å². The first-order valence-electron chi connectivity index (χ1n) is 5.01. The number of benzene rings is 1. The van der Waals surface area contributed by atoms with E-state index >= 15 is 0 Å². The molecule has 1 aromatic rings. The van der Waals surface area contributed by atoms with Gasteiger partial charge in [-0.05, 0) is 19.1 Å². The molecule has 1 aromatic carbocycles. The van der Waals surface area contributed by atoms with Gasteiger partial charge in [0, 0.05) is 7.11 Å². The van der Waals surface area contributed by atoms with Crippen LogP contribution < -0.4 is 0 Å². The molecule has 0 saturated heterocycles. The van der Waals surface area contributed by atoms with Gasteiger partial charge in [-0.3, -0.25) is 0 Å². The van der Waals surface area contributed by atoms with E-state index in [9.17, 15) is 9.59 Å². The summed E-state index contributed by atoms with van der Waals surface area (Å²) in [6, 6.07) is 6.28. The minimum absolute atomic E-state index is 0.156. The highest BCUT2D eigenvalue weighted by atomic mass is 16.7. The number of ether oxygens (including phenoxy) is 3. The number of carbonyl (C=O) groups is 2. The molecule has 0 amide bonds. The summed E-state index contributed by atoms with van der Waals surface area (Å²) in [5.74, 6) is -1.21. The molecule has 0 aliphatic carbocycles. The molecule has 0 heterocycles. The van der Waals surface area contributed by atoms with Crippen LogP contribution in [0.15, 0.2) is 24.3 Å². The van der Waals surface area contributed by atoms with E-state index in [-0.39, 0.29) is 11.1 Å². The predicted molar refractivity (Wildman–Crippen MR) is 59.7 cm³/mol. The van der Waals surface area contributed by atoms with Gasteiger partial charge in [-0.25, -0.2) is 9.59 Å². The summed E-state index contributed by atoms with van der Waals surface area (Å²) in [7, 11) is 2.67. The van der Waals surface area contributed by atoms with Crippen molar-refractivity contribution in [3.63, 3.8) is 0 Å². The lowest BCUT2D eigenvalue weighted by atomic mass is 10.1. The first kappa shape index (κ1) is 13.2. The van der Waals surface area contributed by atoms with E-state index in [2.05, 4.69) is 4.74 Å². The standard InChI is InChI=1S/C12H14O5/c1-8(15-2)17-12(14)10-7-5-4-6-9(10)11(13)16-3/h4-8H,1-3H3. The van der Waals surface area contributed by atoms with Crippen LogP contribution in [0.4, 0.5) is 0 Å². The zero-order chi connectivity index (χ0) is 12.8. The summed E-state index contributed by atoms with van der Waals surface area (Å²) in [4.78, 5) is 23.2. The van der Waals surface area contributed by atoms with Crippen molar-refractivity contribution in [2.75, 3.05) is 14.2 Å². The van der Waals surface area contributed by atoms with Crippen molar-refractivity contribution < 1.29 is 23.8 Å². The van der Waals surface area contributed by atoms with Gasteiger partial charge in [0.2, 0.25) is 0 Å². The van der Waals surface area contributed by atoms with Crippen LogP contribution >= 0.6 is 0 Å². The molecule has 0 N–H and O–H groups in total. The summed E-state index contributed by atoms with van der Waals surface area (Å²) in [5, 5.41) is 0. The largest absolute Gasteiger partial charge is 0.465 e. The molecule has 1 atom stereocenters. The van der Waals surface area contributed by atoms with Gasteiger partial charge in [-0.15, -0.1) is 0 Å². The van der Waals surface area contributed by atoms with E-state index in [4.69, 9.17) is 9.47 Å². The number of rotatable bonds is 4. The van der Waals surface area contributed by atoms with Crippen molar-refractivity contribution in [2.24, 2.45) is 0 Å². The quantitative estimate of drug-likeness (QED) is 0.589. The van der Waals surface area contributed by atoms with Crippen molar-refractivity contribution in [3.8, 4) is 0 Å². The molecule has 0 radical (unpaired) electrons. The third-order valence-corrected chi connectivity index (χ3v) is 2.16. The smallest absolute Gasteiger partial charge is 0.341 e. The minimum Gasteiger partial charge on any atom is -0.465 e. The average Bonchev–Trinajstić information content (AvgIpc) is 2.37. The molecule has 0 aromatic heterocycles. The first-order valence-corrected chi connectivity index (χ1v) is 5.01. The highest BCUT2D eigenvalue weighted by Crippen LogP contribution is 2.12. The Balaban J connectivity index is 2.97. The Morgan fingerprint density at radius 2 is 1.59 bits per heavy atom. The predicted octanol–water partition coefficient (Wildman–Crippen LogP) is 1.62. The van der Waals surface area contributed by atoms with E-state index < -0.39 is 18.2 Å². The normalized spacial score (nSPS) is 11.7. The lowest BCUT2D eigenvalue weighted by Crippen LogP contribution is -2.19. The summed E-state index contributed by atoms with van der Waals surface area (Å²) in [6.45, 7) is 1.58. The lowest BCUT2D eigenvalue weighted by Gasteiger charge is -2.12. The van der Waals surface area contributed by atoms with Crippen LogP contribution in [0.3, 0.4) is 0 Å². The molecule has 5 heteroatoms. The summed E-state index contributed by atoms with van der Waals surface area (Å²) < 4.78 is 14.3. The number of carbonyl (C=O) groups excluding carboxylic acids is 2. The number of hydrogen-bond donors (Lipinski definition) is 0. The van der Waals surface area contributed by atoms with Gasteiger partial charge >= 0.3 is 11.9 Å². The Morgan fingerprint density at radius 1 is 1.06 bits per heavy atom. The van der Waals surface area contributed by atoms with Crippen molar-refractivity contribution in [2.45, 2.75) is 13.2 Å². The van der Waals surface area contributed by atoms with Crippen LogP contribution in [-0.4, -0.2) is 32.4 Å². The van der Waals surface area contributed by atoms with E-state index in [1.807, 2.05) is 0 Å². The van der Waals surface area contributed by atoms with E-state index in [0.29, 0.717) is 0 Å². The van der Waals surface area contributed by atoms with Crippen molar-refractivity contribution in [1.29, 1.82) is 0 Å². The Hall–Kier alpha value is -1.88. The molecule has 92 valence electrons. The van der Waals surface area contributed by atoms with Gasteiger partial charge in [0.1, 0.15) is 0 Å². The van der Waals surface area contributed by atoms with E-state index in [0.717, 1.165) is 0 Å². The average molecular weight is 238 g/mol. The third kappa shape index (κ3) is 3.29. The number of methoxy groups -OCH3 is 2. The fourth-order valence-corrected chi connectivity index (χ4v) is 1.21. The molecule has 0 aliphatic rings. The third-order valence-electron chi connectivity index (χ3n) is 2.16. The molecule has 5 nitrogen and oxygen atoms in total. The van der Waals surface area contributed by atoms with Gasteiger partial charge in [0.05, 0.1) is 18.2 Å². The van der Waals surface area contributed by atoms with Gasteiger partial charge in [-0.1, -0.05) is 12.1 Å². The monoisotopic (exact) mass is 238 g/mol. The van der Waals surface area contributed by atoms with Crippen LogP contribution in [0.2, 0.25) is 0 Å². The first-order chi connectivity index (χ1) is 8.10. The Kier molecular flexibility index (Phi) is 4.66. The molecule has 0 saturated carbocycles. The molecule has 0 bridgehead atoms. The lowest BCUT2D eigenvalue weighted by molar-refractivity contribution is -0.0774. The molecule has 17 heavy (non-hydrogen) atoms. The van der Waals surface area contributed by atoms with Crippen molar-refractivity contribution in [1.82, 2.24) is 0 Å². The fourth-order valence-electron chi connectivity index (χ4n) is 1.21. The zero-order valence-corrected chi connectivity index (χ0v) is 9.93. The van der Waals surface area contributed by atoms with Crippen LogP contribution in [-0.2, 0) is 14.2 Å². The van der Waals surface area contributed by atoms with Crippen LogP contribution in [0, 0.1) is 0 Å². The Bertz CT molecular complexity index is 413. The van der Waals surface area contributed by atoms with Crippen molar-refractivity contribution in [3.05, 3.63) is 35.4 Å². The highest BCUT2D eigenvalue weighted by molar-refractivity contribution is 6.03. The molecule has 1 rings (SSSR count). The molecular weight excluding hydrogens is 224 g/mol. The number of hydrogen-bond acceptors (Lipinski definition) is 5. The second-order valence-corrected chi connectivity index (χ2v) is 3.25. The maximum absolute atomic E-state index is 11.7. The van der Waals surface area contributed by atoms with Gasteiger partial charge in [-0.2, -0.15) is 0 Å². The van der Waals surface area contributed by atoms with E-state index in [1.165, 1.54) is 26.4 Å². The maximum Gasteiger partial charge on any atom is 0.341 e. The van der Waals surface area contributed by atoms with E-state index in [1.54, 1.807) is 19.1 Å². The SMILES string of the molecule is COC(=O)c1ccccc1C(=O)OC(C)OC. The molecule has 1 unspecified atom stereocenters. The molecular formula is C12H14O5. The minimum atomic E-state index is -0.673. The molecule has 0 fully saturated rings. The highest BCUT2D eigenvalue weighted by Gasteiger charge is 2.19. The number of esters is 2. The van der Waals surface area contributed by atoms with Gasteiger partial charge < -0.3 is 14.2 Å². The second-order valence-electron chi connectivity index (χ2n) is 3.25. The van der Waals surface area contributed by atoms with Crippen molar-refractivity contribution >= 4 is 11.9 Å². The Labute approximate surface area is 99.3 Å². The van der Waals surface area contributed by atoms with Crippen LogP contribution in [0.1, 0.15) is 27.6 Å².